The maximum atomic E-state index is 14.2. The van der Waals surface area contributed by atoms with Gasteiger partial charge >= 0.3 is 5.97 Å². The average molecular weight is 458 g/mol. The monoisotopic (exact) mass is 457 g/mol. The molecule has 3 fully saturated rings. The summed E-state index contributed by atoms with van der Waals surface area (Å²) in [4.78, 5) is 33.6. The van der Waals surface area contributed by atoms with Gasteiger partial charge in [-0.3, -0.25) is 9.36 Å². The maximum Gasteiger partial charge on any atom is 0.356 e. The van der Waals surface area contributed by atoms with Crippen LogP contribution < -0.4 is 10.9 Å². The van der Waals surface area contributed by atoms with Gasteiger partial charge in [0.25, 0.3) is 5.56 Å². The molecule has 2 heterocycles. The molecule has 3 aliphatic carbocycles. The Morgan fingerprint density at radius 1 is 1.34 bits per heavy atom. The predicted octanol–water partition coefficient (Wildman–Crippen LogP) is 4.31. The first kappa shape index (κ1) is 19.7. The number of alkyl halides is 1. The number of fused-ring (bicyclic) bond motifs is 1. The normalized spacial score (nSPS) is 26.0. The quantitative estimate of drug-likeness (QED) is 0.554. The molecule has 1 atom stereocenters. The molecule has 6 rings (SSSR count). The number of hydrogen-bond acceptors (Lipinski definition) is 5. The average Bonchev–Trinajstić information content (AvgIpc) is 2.68. The molecule has 0 aliphatic heterocycles. The lowest BCUT2D eigenvalue weighted by Gasteiger charge is -2.65. The molecule has 1 aromatic carbocycles. The molecule has 3 aromatic rings. The summed E-state index contributed by atoms with van der Waals surface area (Å²) in [6, 6.07) is 4.79. The highest BCUT2D eigenvalue weighted by Gasteiger charge is 2.71. The van der Waals surface area contributed by atoms with Gasteiger partial charge in [-0.25, -0.2) is 19.2 Å². The Balaban J connectivity index is 1.67. The summed E-state index contributed by atoms with van der Waals surface area (Å²) in [5.74, 6) is -0.761. The van der Waals surface area contributed by atoms with Crippen molar-refractivity contribution in [2.24, 2.45) is 7.05 Å². The van der Waals surface area contributed by atoms with Crippen molar-refractivity contribution in [2.75, 3.05) is 5.32 Å². The Labute approximate surface area is 189 Å². The fourth-order valence-corrected chi connectivity index (χ4v) is 5.30. The molecular formula is C23H22ClFN4O3. The number of nitrogens with zero attached hydrogens (tertiary/aromatic N) is 3. The van der Waals surface area contributed by atoms with E-state index in [1.54, 1.807) is 26.1 Å². The van der Waals surface area contributed by atoms with E-state index in [4.69, 9.17) is 18.0 Å². The van der Waals surface area contributed by atoms with Gasteiger partial charge in [-0.05, 0) is 56.9 Å². The minimum Gasteiger partial charge on any atom is -0.476 e. The van der Waals surface area contributed by atoms with Crippen LogP contribution in [0.5, 0.6) is 0 Å². The zero-order valence-corrected chi connectivity index (χ0v) is 18.5. The maximum absolute atomic E-state index is 14.2. The van der Waals surface area contributed by atoms with Crippen molar-refractivity contribution in [1.29, 1.82) is 0 Å². The van der Waals surface area contributed by atoms with Crippen LogP contribution in [0.2, 0.25) is 5.15 Å². The minimum atomic E-state index is -1.57. The SMILES string of the molecule is [2H][C@](C)(Nc1ccc(Cl)nc1C(=O)O)c1cc(C)cc2c(=O)n(C)c(C34CC(F)(C3)C4)nc12. The van der Waals surface area contributed by atoms with Gasteiger partial charge in [0.05, 0.1) is 24.0 Å². The summed E-state index contributed by atoms with van der Waals surface area (Å²) in [6.45, 7) is 3.37. The van der Waals surface area contributed by atoms with Gasteiger partial charge in [0.2, 0.25) is 0 Å². The number of carbonyl (C=O) groups is 1. The van der Waals surface area contributed by atoms with Crippen molar-refractivity contribution in [3.05, 3.63) is 62.4 Å². The molecule has 2 bridgehead atoms. The summed E-state index contributed by atoms with van der Waals surface area (Å²) >= 11 is 5.85. The van der Waals surface area contributed by atoms with E-state index >= 15 is 0 Å². The Hall–Kier alpha value is -3.00. The van der Waals surface area contributed by atoms with Crippen LogP contribution in [0.25, 0.3) is 10.9 Å². The van der Waals surface area contributed by atoms with Crippen molar-refractivity contribution in [1.82, 2.24) is 14.5 Å². The third-order valence-corrected chi connectivity index (χ3v) is 6.77. The van der Waals surface area contributed by atoms with Gasteiger partial charge in [-0.15, -0.1) is 0 Å². The van der Waals surface area contributed by atoms with E-state index in [-0.39, 0.29) is 22.1 Å². The van der Waals surface area contributed by atoms with Gasteiger partial charge in [-0.1, -0.05) is 17.7 Å². The van der Waals surface area contributed by atoms with Crippen LogP contribution in [0.1, 0.15) is 61.0 Å². The van der Waals surface area contributed by atoms with Gasteiger partial charge < -0.3 is 10.4 Å². The molecule has 2 N–H and O–H groups in total. The summed E-state index contributed by atoms with van der Waals surface area (Å²) in [6.07, 6.45) is 1.05. The second-order valence-electron chi connectivity index (χ2n) is 9.06. The Bertz CT molecular complexity index is 1400. The lowest BCUT2D eigenvalue weighted by Crippen LogP contribution is -2.68. The predicted molar refractivity (Wildman–Crippen MR) is 119 cm³/mol. The summed E-state index contributed by atoms with van der Waals surface area (Å²) in [5, 5.41) is 12.8. The van der Waals surface area contributed by atoms with E-state index in [0.29, 0.717) is 41.6 Å². The molecular weight excluding hydrogens is 435 g/mol. The number of nitrogens with one attached hydrogen (secondary N) is 1. The molecule has 0 unspecified atom stereocenters. The number of pyridine rings is 1. The van der Waals surface area contributed by atoms with Crippen molar-refractivity contribution >= 4 is 34.2 Å². The smallest absolute Gasteiger partial charge is 0.356 e. The molecule has 166 valence electrons. The third-order valence-electron chi connectivity index (χ3n) is 6.55. The van der Waals surface area contributed by atoms with Crippen LogP contribution in [-0.2, 0) is 12.5 Å². The van der Waals surface area contributed by atoms with E-state index in [1.165, 1.54) is 16.7 Å². The number of halogens is 2. The largest absolute Gasteiger partial charge is 0.476 e. The fraction of sp³-hybridized carbons (Fsp3) is 0.391. The van der Waals surface area contributed by atoms with E-state index in [1.807, 2.05) is 6.92 Å². The topological polar surface area (TPSA) is 97.1 Å². The fourth-order valence-electron chi connectivity index (χ4n) is 5.15. The van der Waals surface area contributed by atoms with Crippen LogP contribution in [0.3, 0.4) is 0 Å². The molecule has 0 radical (unpaired) electrons. The molecule has 0 amide bonds. The summed E-state index contributed by atoms with van der Waals surface area (Å²) in [5.41, 5.74) is -0.543. The lowest BCUT2D eigenvalue weighted by atomic mass is 9.42. The molecule has 0 spiro atoms. The highest BCUT2D eigenvalue weighted by Crippen LogP contribution is 2.69. The zero-order chi connectivity index (χ0) is 23.9. The van der Waals surface area contributed by atoms with Crippen molar-refractivity contribution in [3.63, 3.8) is 0 Å². The van der Waals surface area contributed by atoms with Gasteiger partial charge in [0.15, 0.2) is 5.69 Å². The second-order valence-corrected chi connectivity index (χ2v) is 9.44. The van der Waals surface area contributed by atoms with Crippen LogP contribution in [0.4, 0.5) is 10.1 Å². The standard InChI is InChI=1S/C23H22ClFN4O3/c1-11-6-13(12(2)26-15-4-5-16(24)27-18(15)20(31)32)17-14(7-11)19(30)29(3)21(28-17)22-8-23(25,9-22)10-22/h4-7,12,26H,8-10H2,1-3H3,(H,31,32)/t12-,22?,23?/m1/s1/i12D. The number of aryl methyl sites for hydroxylation is 1. The first-order valence-corrected chi connectivity index (χ1v) is 10.6. The Morgan fingerprint density at radius 3 is 2.66 bits per heavy atom. The van der Waals surface area contributed by atoms with Crippen molar-refractivity contribution in [3.8, 4) is 0 Å². The van der Waals surface area contributed by atoms with Gasteiger partial charge in [0.1, 0.15) is 16.6 Å². The number of hydrogen-bond donors (Lipinski definition) is 2. The van der Waals surface area contributed by atoms with Crippen LogP contribution in [0.15, 0.2) is 29.1 Å². The summed E-state index contributed by atoms with van der Waals surface area (Å²) in [7, 11) is 1.65. The zero-order valence-electron chi connectivity index (χ0n) is 18.8. The number of carboxylic acids is 1. The number of anilines is 1. The summed E-state index contributed by atoms with van der Waals surface area (Å²) < 4.78 is 24.8. The highest BCUT2D eigenvalue weighted by molar-refractivity contribution is 6.29. The number of aromatic nitrogens is 3. The van der Waals surface area contributed by atoms with E-state index in [9.17, 15) is 19.1 Å². The van der Waals surface area contributed by atoms with Crippen molar-refractivity contribution < 1.29 is 15.7 Å². The number of benzene rings is 1. The van der Waals surface area contributed by atoms with Gasteiger partial charge in [0, 0.05) is 18.0 Å². The van der Waals surface area contributed by atoms with E-state index < -0.39 is 23.1 Å². The Kier molecular flexibility index (Phi) is 4.15. The Morgan fingerprint density at radius 2 is 2.03 bits per heavy atom. The van der Waals surface area contributed by atoms with Crippen LogP contribution in [-0.4, -0.2) is 31.3 Å². The van der Waals surface area contributed by atoms with Gasteiger partial charge in [-0.2, -0.15) is 0 Å². The molecule has 0 saturated heterocycles. The molecule has 3 saturated carbocycles. The number of aromatic carboxylic acids is 1. The van der Waals surface area contributed by atoms with Crippen LogP contribution >= 0.6 is 11.6 Å². The first-order valence-electron chi connectivity index (χ1n) is 10.7. The van der Waals surface area contributed by atoms with E-state index in [2.05, 4.69) is 10.3 Å². The number of carboxylic acid groups (broad SMARTS) is 1. The van der Waals surface area contributed by atoms with Crippen molar-refractivity contribution in [2.45, 2.75) is 50.2 Å². The highest BCUT2D eigenvalue weighted by atomic mass is 35.5. The minimum absolute atomic E-state index is 0.0182. The lowest BCUT2D eigenvalue weighted by molar-refractivity contribution is -0.163. The second kappa shape index (κ2) is 6.75. The molecule has 2 aromatic heterocycles. The molecule has 3 aliphatic rings. The molecule has 32 heavy (non-hydrogen) atoms. The third kappa shape index (κ3) is 3.00. The van der Waals surface area contributed by atoms with E-state index in [0.717, 1.165) is 5.56 Å². The molecule has 7 nitrogen and oxygen atoms in total. The van der Waals surface area contributed by atoms with Crippen LogP contribution in [0, 0.1) is 6.92 Å². The number of rotatable bonds is 5. The molecule has 9 heteroatoms. The first-order chi connectivity index (χ1) is 15.3.